The summed E-state index contributed by atoms with van der Waals surface area (Å²) in [6.45, 7) is 8.20. The van der Waals surface area contributed by atoms with E-state index in [1.165, 1.54) is 11.8 Å². The number of carbonyl (C=O) groups is 4. The molecule has 216 valence electrons. The number of aliphatic hydroxyl groups excluding tert-OH is 2. The van der Waals surface area contributed by atoms with Gasteiger partial charge in [0.2, 0.25) is 5.78 Å². The molecule has 1 amide bonds. The molecule has 0 saturated carbocycles. The van der Waals surface area contributed by atoms with Crippen LogP contribution in [0.4, 0.5) is 0 Å². The van der Waals surface area contributed by atoms with Crippen molar-refractivity contribution in [2.45, 2.75) is 58.7 Å². The molecular formula is C29H37N3O8. The summed E-state index contributed by atoms with van der Waals surface area (Å²) in [4.78, 5) is 53.7. The highest BCUT2D eigenvalue weighted by atomic mass is 16.3. The molecule has 11 heteroatoms. The highest BCUT2D eigenvalue weighted by Gasteiger charge is 2.63. The maximum Gasteiger partial charge on any atom is 0.255 e. The Kier molecular flexibility index (Phi) is 7.23. The van der Waals surface area contributed by atoms with Crippen molar-refractivity contribution < 1.29 is 39.6 Å². The van der Waals surface area contributed by atoms with E-state index >= 15 is 0 Å². The summed E-state index contributed by atoms with van der Waals surface area (Å²) >= 11 is 0. The first kappa shape index (κ1) is 29.4. The normalized spacial score (nSPS) is 26.6. The number of nitrogens with zero attached hydrogens (tertiary/aromatic N) is 1. The smallest absolute Gasteiger partial charge is 0.255 e. The monoisotopic (exact) mass is 555 g/mol. The highest BCUT2D eigenvalue weighted by Crippen LogP contribution is 2.52. The van der Waals surface area contributed by atoms with Crippen LogP contribution in [0.25, 0.3) is 0 Å². The third kappa shape index (κ3) is 4.42. The molecule has 0 radical (unpaired) electrons. The van der Waals surface area contributed by atoms with Crippen molar-refractivity contribution in [2.75, 3.05) is 20.6 Å². The van der Waals surface area contributed by atoms with Gasteiger partial charge in [0.05, 0.1) is 11.6 Å². The lowest BCUT2D eigenvalue weighted by molar-refractivity contribution is -0.148. The number of likely N-dealkylation sites (N-methyl/N-ethyl adjacent to an activating group) is 1. The van der Waals surface area contributed by atoms with Gasteiger partial charge in [0.1, 0.15) is 22.8 Å². The molecule has 0 bridgehead atoms. The lowest BCUT2D eigenvalue weighted by atomic mass is 9.58. The third-order valence-corrected chi connectivity index (χ3v) is 8.15. The lowest BCUT2D eigenvalue weighted by Crippen LogP contribution is -2.63. The Morgan fingerprint density at radius 1 is 1.18 bits per heavy atom. The summed E-state index contributed by atoms with van der Waals surface area (Å²) < 4.78 is 0. The van der Waals surface area contributed by atoms with Gasteiger partial charge in [0.15, 0.2) is 17.2 Å². The number of fused-ring (bicyclic) bond motifs is 3. The molecule has 3 aliphatic rings. The Morgan fingerprint density at radius 2 is 1.80 bits per heavy atom. The van der Waals surface area contributed by atoms with Crippen molar-refractivity contribution in [3.8, 4) is 5.75 Å². The van der Waals surface area contributed by atoms with E-state index in [9.17, 15) is 39.6 Å². The predicted molar refractivity (Wildman–Crippen MR) is 145 cm³/mol. The summed E-state index contributed by atoms with van der Waals surface area (Å²) in [5, 5.41) is 48.4. The van der Waals surface area contributed by atoms with E-state index in [0.29, 0.717) is 17.7 Å². The Hall–Kier alpha value is -3.54. The van der Waals surface area contributed by atoms with Crippen LogP contribution in [0.1, 0.15) is 66.0 Å². The minimum absolute atomic E-state index is 0.0429. The molecule has 11 nitrogen and oxygen atoms in total. The van der Waals surface area contributed by atoms with Crippen LogP contribution in [-0.2, 0) is 22.6 Å². The Labute approximate surface area is 232 Å². The number of aromatic hydroxyl groups is 1. The molecule has 0 saturated heterocycles. The van der Waals surface area contributed by atoms with Gasteiger partial charge in [0.25, 0.3) is 5.91 Å². The van der Waals surface area contributed by atoms with Crippen LogP contribution in [0.3, 0.4) is 0 Å². The predicted octanol–water partition coefficient (Wildman–Crippen LogP) is 1.46. The second-order valence-electron chi connectivity index (χ2n) is 12.5. The van der Waals surface area contributed by atoms with E-state index in [4.69, 9.17) is 5.73 Å². The molecule has 0 aromatic heterocycles. The molecule has 0 aliphatic heterocycles. The van der Waals surface area contributed by atoms with Crippen molar-refractivity contribution in [1.82, 2.24) is 10.2 Å². The zero-order valence-electron chi connectivity index (χ0n) is 23.6. The first-order valence-electron chi connectivity index (χ1n) is 13.2. The number of phenolic OH excluding ortho intramolecular Hbond substituents is 1. The standard InChI is InChI=1S/C29H37N3O8/c1-12(33)15-8-14(10-31-11-28(2,3)4)22(34)19-16(15)7-13-9-17-21(32(5)6)24(36)20(27(30)39)26(38)29(17,40)25(37)18(13)23(19)35/h8,13,17,21,31,34,36-37,40H,7,9-11H2,1-6H3,(H2,30,39)/t13-,17-,21+,29-/m0/s1. The molecule has 7 N–H and O–H groups in total. The van der Waals surface area contributed by atoms with Gasteiger partial charge >= 0.3 is 0 Å². The van der Waals surface area contributed by atoms with E-state index in [-0.39, 0.29) is 53.0 Å². The quantitative estimate of drug-likeness (QED) is 0.221. The third-order valence-electron chi connectivity index (χ3n) is 8.15. The number of ketones is 3. The van der Waals surface area contributed by atoms with Crippen LogP contribution >= 0.6 is 0 Å². The van der Waals surface area contributed by atoms with Crippen LogP contribution in [0.5, 0.6) is 5.75 Å². The number of hydrogen-bond acceptors (Lipinski definition) is 10. The van der Waals surface area contributed by atoms with E-state index in [1.54, 1.807) is 20.2 Å². The second-order valence-corrected chi connectivity index (χ2v) is 12.5. The second kappa shape index (κ2) is 9.83. The number of allylic oxidation sites excluding steroid dienone is 1. The number of nitrogens with one attached hydrogen (secondary N) is 1. The number of Topliss-reactive ketones (excluding diaryl/α,β-unsaturated/α-hetero) is 3. The number of amides is 1. The van der Waals surface area contributed by atoms with E-state index in [2.05, 4.69) is 5.32 Å². The van der Waals surface area contributed by atoms with Crippen LogP contribution < -0.4 is 11.1 Å². The fourth-order valence-electron chi connectivity index (χ4n) is 6.40. The highest BCUT2D eigenvalue weighted by molar-refractivity contribution is 6.25. The van der Waals surface area contributed by atoms with Gasteiger partial charge in [0, 0.05) is 35.7 Å². The van der Waals surface area contributed by atoms with Gasteiger partial charge in [-0.2, -0.15) is 0 Å². The average Bonchev–Trinajstić information content (AvgIpc) is 2.81. The van der Waals surface area contributed by atoms with E-state index < -0.39 is 58.0 Å². The molecular weight excluding hydrogens is 518 g/mol. The Bertz CT molecular complexity index is 1400. The number of benzene rings is 1. The SMILES string of the molecule is CC(=O)c1cc(CNCC(C)(C)C)c(O)c2c1C[C@H]1C[C@H]3[C@@H](N(C)C)C(O)=C(C(N)=O)C(=O)[C@@]3(O)C(O)=C1C2=O. The first-order valence-corrected chi connectivity index (χ1v) is 13.2. The fraction of sp³-hybridized carbons (Fsp3) is 0.517. The maximum atomic E-state index is 14.0. The topological polar surface area (TPSA) is 190 Å². The molecule has 0 spiro atoms. The number of rotatable bonds is 6. The van der Waals surface area contributed by atoms with Crippen molar-refractivity contribution in [2.24, 2.45) is 23.0 Å². The first-order chi connectivity index (χ1) is 18.4. The van der Waals surface area contributed by atoms with Crippen LogP contribution in [0.15, 0.2) is 28.7 Å². The average molecular weight is 556 g/mol. The number of hydrogen-bond donors (Lipinski definition) is 6. The largest absolute Gasteiger partial charge is 0.510 e. The summed E-state index contributed by atoms with van der Waals surface area (Å²) in [6.07, 6.45) is 0.0193. The molecule has 0 unspecified atom stereocenters. The van der Waals surface area contributed by atoms with Crippen molar-refractivity contribution in [3.63, 3.8) is 0 Å². The van der Waals surface area contributed by atoms with Gasteiger partial charge < -0.3 is 31.5 Å². The van der Waals surface area contributed by atoms with Gasteiger partial charge in [-0.15, -0.1) is 0 Å². The molecule has 40 heavy (non-hydrogen) atoms. The summed E-state index contributed by atoms with van der Waals surface area (Å²) in [6, 6.07) is 0.482. The number of carbonyl (C=O) groups excluding carboxylic acids is 4. The maximum absolute atomic E-state index is 14.0. The van der Waals surface area contributed by atoms with Crippen molar-refractivity contribution >= 4 is 23.3 Å². The zero-order chi connectivity index (χ0) is 30.1. The van der Waals surface area contributed by atoms with Crippen LogP contribution in [0, 0.1) is 17.3 Å². The lowest BCUT2D eigenvalue weighted by Gasteiger charge is -2.50. The molecule has 0 heterocycles. The zero-order valence-corrected chi connectivity index (χ0v) is 23.6. The van der Waals surface area contributed by atoms with Gasteiger partial charge in [-0.05, 0) is 56.8 Å². The van der Waals surface area contributed by atoms with Gasteiger partial charge in [-0.1, -0.05) is 20.8 Å². The van der Waals surface area contributed by atoms with Crippen molar-refractivity contribution in [1.29, 1.82) is 0 Å². The molecule has 1 aromatic rings. The number of phenols is 1. The van der Waals surface area contributed by atoms with E-state index in [1.807, 2.05) is 20.8 Å². The Morgan fingerprint density at radius 3 is 2.33 bits per heavy atom. The molecule has 4 rings (SSSR count). The summed E-state index contributed by atoms with van der Waals surface area (Å²) in [5.41, 5.74) is 2.20. The van der Waals surface area contributed by atoms with Gasteiger partial charge in [-0.3, -0.25) is 24.1 Å². The molecule has 4 atom stereocenters. The number of nitrogens with two attached hydrogens (primary N) is 1. The van der Waals surface area contributed by atoms with Crippen LogP contribution in [0.2, 0.25) is 0 Å². The number of primary amides is 1. The van der Waals surface area contributed by atoms with Gasteiger partial charge in [-0.25, -0.2) is 0 Å². The van der Waals surface area contributed by atoms with Crippen LogP contribution in [-0.4, -0.2) is 80.9 Å². The molecule has 1 aromatic carbocycles. The number of aliphatic hydroxyl groups is 3. The Balaban J connectivity index is 1.90. The minimum Gasteiger partial charge on any atom is -0.510 e. The summed E-state index contributed by atoms with van der Waals surface area (Å²) in [5.74, 6) is -7.50. The van der Waals surface area contributed by atoms with Crippen molar-refractivity contribution in [3.05, 3.63) is 51.0 Å². The fourth-order valence-corrected chi connectivity index (χ4v) is 6.40. The van der Waals surface area contributed by atoms with E-state index in [0.717, 1.165) is 0 Å². The summed E-state index contributed by atoms with van der Waals surface area (Å²) in [7, 11) is 3.13. The molecule has 3 aliphatic carbocycles. The minimum atomic E-state index is -2.71. The molecule has 0 fully saturated rings.